The van der Waals surface area contributed by atoms with Crippen LogP contribution >= 0.6 is 0 Å². The maximum absolute atomic E-state index is 10.1. The van der Waals surface area contributed by atoms with E-state index in [-0.39, 0.29) is 46.6 Å². The Bertz CT molecular complexity index is 873. The number of carbonyl (C=O) groups excluding carboxylic acids is 3. The van der Waals surface area contributed by atoms with Crippen molar-refractivity contribution in [3.8, 4) is 0 Å². The molecule has 3 rings (SSSR count). The van der Waals surface area contributed by atoms with Crippen LogP contribution in [-0.2, 0) is 31.5 Å². The van der Waals surface area contributed by atoms with Crippen LogP contribution in [0.25, 0.3) is 0 Å². The van der Waals surface area contributed by atoms with Gasteiger partial charge in [0.2, 0.25) is 0 Å². The molecule has 0 saturated heterocycles. The molecule has 0 aliphatic rings. The van der Waals surface area contributed by atoms with Crippen molar-refractivity contribution < 1.29 is 91.6 Å². The third-order valence-electron chi connectivity index (χ3n) is 4.02. The van der Waals surface area contributed by atoms with E-state index in [1.54, 1.807) is 54.6 Å². The van der Waals surface area contributed by atoms with Crippen molar-refractivity contribution in [3.63, 3.8) is 0 Å². The summed E-state index contributed by atoms with van der Waals surface area (Å²) in [5.74, 6) is -4.43. The summed E-state index contributed by atoms with van der Waals surface area (Å²) in [4.78, 5) is 30.4. The zero-order valence-electron chi connectivity index (χ0n) is 18.5. The fourth-order valence-electron chi connectivity index (χ4n) is 2.31. The largest absolute Gasteiger partial charge is 2.00 e. The second-order valence-electron chi connectivity index (χ2n) is 6.40. The second-order valence-corrected chi connectivity index (χ2v) is 6.40. The Morgan fingerprint density at radius 1 is 0.486 bits per heavy atom. The first-order valence-electron chi connectivity index (χ1n) is 9.46. The molecule has 0 aromatic heterocycles. The minimum atomic E-state index is -1.52. The normalized spacial score (nSPS) is 11.7. The zero-order valence-corrected chi connectivity index (χ0v) is 21.6. The van der Waals surface area contributed by atoms with Crippen molar-refractivity contribution in [2.24, 2.45) is 0 Å². The maximum atomic E-state index is 10.1. The summed E-state index contributed by atoms with van der Waals surface area (Å²) in [6, 6.07) is 24.3. The van der Waals surface area contributed by atoms with Gasteiger partial charge in [-0.1, -0.05) is 91.0 Å². The summed E-state index contributed by atoms with van der Waals surface area (Å²) >= 11 is 0. The monoisotopic (exact) mass is 532 g/mol. The van der Waals surface area contributed by atoms with E-state index in [0.717, 1.165) is 0 Å². The molecule has 3 unspecified atom stereocenters. The van der Waals surface area contributed by atoms with Gasteiger partial charge in [-0.3, -0.25) is 0 Å². The predicted molar refractivity (Wildman–Crippen MR) is 109 cm³/mol. The van der Waals surface area contributed by atoms with E-state index in [1.807, 2.05) is 0 Å². The zero-order chi connectivity index (χ0) is 24.8. The van der Waals surface area contributed by atoms with Crippen LogP contribution in [-0.4, -0.2) is 33.2 Å². The Morgan fingerprint density at radius 3 is 0.800 bits per heavy atom. The Kier molecular flexibility index (Phi) is 18.6. The van der Waals surface area contributed by atoms with E-state index in [4.69, 9.17) is 15.3 Å². The molecule has 0 saturated carbocycles. The van der Waals surface area contributed by atoms with Crippen molar-refractivity contribution >= 4 is 17.9 Å². The number of aliphatic carboxylic acids is 3. The van der Waals surface area contributed by atoms with Gasteiger partial charge in [-0.15, -0.1) is 0 Å². The summed E-state index contributed by atoms with van der Waals surface area (Å²) in [7, 11) is 0. The number of benzene rings is 3. The van der Waals surface area contributed by atoms with Gasteiger partial charge in [-0.05, 0) is 16.7 Å². The smallest absolute Gasteiger partial charge is 0.547 e. The molecule has 0 fully saturated rings. The molecule has 0 bridgehead atoms. The van der Waals surface area contributed by atoms with E-state index in [9.17, 15) is 29.7 Å². The first-order valence-corrected chi connectivity index (χ1v) is 9.46. The molecule has 0 aliphatic carbocycles. The van der Waals surface area contributed by atoms with E-state index in [0.29, 0.717) is 16.7 Å². The summed E-state index contributed by atoms with van der Waals surface area (Å²) < 4.78 is 0. The van der Waals surface area contributed by atoms with Crippen LogP contribution in [0.1, 0.15) is 35.0 Å². The fraction of sp³-hybridized carbons (Fsp3) is 0.125. The Hall–Kier alpha value is -2.53. The third-order valence-corrected chi connectivity index (χ3v) is 4.02. The number of aliphatic hydroxyl groups excluding tert-OH is 3. The molecule has 0 spiro atoms. The first-order chi connectivity index (χ1) is 15.6. The Balaban J connectivity index is 0. The number of hydrogen-bond donors (Lipinski definition) is 3. The minimum absolute atomic E-state index is 0. The van der Waals surface area contributed by atoms with Gasteiger partial charge >= 0.3 is 46.6 Å². The number of hydrogen-bond acceptors (Lipinski definition) is 9. The number of rotatable bonds is 6. The average molecular weight is 532 g/mol. The molecular formula is C24H21FeNaO9. The number of aliphatic hydroxyl groups is 3. The Labute approximate surface area is 234 Å². The van der Waals surface area contributed by atoms with Crippen molar-refractivity contribution in [1.82, 2.24) is 0 Å². The summed E-state index contributed by atoms with van der Waals surface area (Å²) in [5, 5.41) is 57.2. The summed E-state index contributed by atoms with van der Waals surface area (Å²) in [6.45, 7) is 0. The molecule has 9 nitrogen and oxygen atoms in total. The van der Waals surface area contributed by atoms with Crippen LogP contribution in [0.5, 0.6) is 0 Å². The van der Waals surface area contributed by atoms with Gasteiger partial charge in [-0.2, -0.15) is 0 Å². The second kappa shape index (κ2) is 18.8. The third kappa shape index (κ3) is 13.2. The molecule has 3 N–H and O–H groups in total. The van der Waals surface area contributed by atoms with Crippen molar-refractivity contribution in [1.29, 1.82) is 0 Å². The van der Waals surface area contributed by atoms with Gasteiger partial charge in [0.15, 0.2) is 0 Å². The van der Waals surface area contributed by atoms with Gasteiger partial charge in [0.1, 0.15) is 18.3 Å². The van der Waals surface area contributed by atoms with Crippen LogP contribution in [0.3, 0.4) is 0 Å². The summed E-state index contributed by atoms with van der Waals surface area (Å²) in [5.41, 5.74) is 1.02. The van der Waals surface area contributed by atoms with Gasteiger partial charge in [0.05, 0.1) is 17.9 Å². The van der Waals surface area contributed by atoms with Crippen LogP contribution in [0.15, 0.2) is 91.0 Å². The average Bonchev–Trinajstić information content (AvgIpc) is 2.84. The predicted octanol–water partition coefficient (Wildman–Crippen LogP) is -4.59. The first kappa shape index (κ1) is 34.6. The fourth-order valence-corrected chi connectivity index (χ4v) is 2.31. The number of carboxylic acid groups (broad SMARTS) is 3. The van der Waals surface area contributed by atoms with E-state index in [2.05, 4.69) is 0 Å². The van der Waals surface area contributed by atoms with Crippen LogP contribution in [0.4, 0.5) is 0 Å². The maximum Gasteiger partial charge on any atom is 2.00 e. The van der Waals surface area contributed by atoms with Gasteiger partial charge in [-0.25, -0.2) is 0 Å². The molecule has 0 amide bonds. The molecule has 0 aliphatic heterocycles. The van der Waals surface area contributed by atoms with Crippen LogP contribution < -0.4 is 44.9 Å². The SMILES string of the molecule is O=C([O-])C(O)c1ccccc1.O=C([O-])C(O)c1ccccc1.O=C([O-])C(O)c1ccccc1.[Fe+2].[Na+]. The van der Waals surface area contributed by atoms with E-state index in [1.165, 1.54) is 36.4 Å². The quantitative estimate of drug-likeness (QED) is 0.263. The molecule has 3 aromatic carbocycles. The van der Waals surface area contributed by atoms with Gasteiger partial charge in [0.25, 0.3) is 0 Å². The minimum Gasteiger partial charge on any atom is -0.547 e. The molecule has 11 heteroatoms. The number of carbonyl (C=O) groups is 3. The topological polar surface area (TPSA) is 181 Å². The van der Waals surface area contributed by atoms with E-state index >= 15 is 0 Å². The molecular weight excluding hydrogens is 511 g/mol. The van der Waals surface area contributed by atoms with Crippen LogP contribution in [0.2, 0.25) is 0 Å². The van der Waals surface area contributed by atoms with Gasteiger partial charge in [0, 0.05) is 0 Å². The molecule has 0 radical (unpaired) electrons. The summed E-state index contributed by atoms with van der Waals surface area (Å²) in [6.07, 6.45) is -4.55. The molecule has 180 valence electrons. The molecule has 3 aromatic rings. The Morgan fingerprint density at radius 2 is 0.657 bits per heavy atom. The molecule has 35 heavy (non-hydrogen) atoms. The molecule has 0 heterocycles. The van der Waals surface area contributed by atoms with Crippen molar-refractivity contribution in [2.45, 2.75) is 18.3 Å². The van der Waals surface area contributed by atoms with E-state index < -0.39 is 36.2 Å². The van der Waals surface area contributed by atoms with Crippen molar-refractivity contribution in [2.75, 3.05) is 0 Å². The van der Waals surface area contributed by atoms with Crippen molar-refractivity contribution in [3.05, 3.63) is 108 Å². The standard InChI is InChI=1S/3C8H8O3.Fe.Na/c3*9-7(8(10)11)6-4-2-1-3-5-6;;/h3*1-5,7,9H,(H,10,11);;/q;;;+2;+1/p-3. The number of carboxylic acids is 3. The van der Waals surface area contributed by atoms with Crippen LogP contribution in [0, 0.1) is 0 Å². The molecule has 3 atom stereocenters. The van der Waals surface area contributed by atoms with Gasteiger partial charge < -0.3 is 45.0 Å².